The quantitative estimate of drug-likeness (QED) is 0.0385. The van der Waals surface area contributed by atoms with Gasteiger partial charge in [-0.1, -0.05) is 0 Å². The van der Waals surface area contributed by atoms with Crippen LogP contribution in [0.2, 0.25) is 0 Å². The van der Waals surface area contributed by atoms with Crippen molar-refractivity contribution in [2.24, 2.45) is 9.98 Å². The summed E-state index contributed by atoms with van der Waals surface area (Å²) in [6.07, 6.45) is -8.24. The Bertz CT molecular complexity index is 2610. The van der Waals surface area contributed by atoms with Gasteiger partial charge in [0.15, 0.2) is 6.73 Å². The molecular formula is C32H10F39N3O5. The first-order chi connectivity index (χ1) is 34.1. The first-order valence-electron chi connectivity index (χ1n) is 17.8. The van der Waals surface area contributed by atoms with Gasteiger partial charge in [-0.15, -0.1) is 0 Å². The van der Waals surface area contributed by atoms with E-state index >= 15 is 26.3 Å². The second-order valence-corrected chi connectivity index (χ2v) is 14.8. The van der Waals surface area contributed by atoms with Crippen molar-refractivity contribution in [2.75, 3.05) is 6.73 Å². The molecule has 1 aromatic carbocycles. The van der Waals surface area contributed by atoms with Crippen LogP contribution in [0.15, 0.2) is 16.1 Å². The molecule has 0 fully saturated rings. The first kappa shape index (κ1) is 71.2. The highest BCUT2D eigenvalue weighted by atomic mass is 19.4. The topological polar surface area (TPSA) is 114 Å². The number of nitrogens with zero attached hydrogens (tertiary/aromatic N) is 2. The molecule has 1 aromatic rings. The fourth-order valence-corrected chi connectivity index (χ4v) is 5.43. The maximum atomic E-state index is 15.8. The Balaban J connectivity index is 4.37. The van der Waals surface area contributed by atoms with Gasteiger partial charge in [-0.2, -0.15) is 181 Å². The summed E-state index contributed by atoms with van der Waals surface area (Å²) in [5.41, 5.74) is -12.9. The van der Waals surface area contributed by atoms with Crippen LogP contribution in [0.4, 0.5) is 183 Å². The fourth-order valence-electron chi connectivity index (χ4n) is 5.43. The summed E-state index contributed by atoms with van der Waals surface area (Å²) in [5.74, 6) is -186. The molecule has 456 valence electrons. The number of isocyanates is 2. The molecular weight excluding hydrogens is 1250 g/mol. The number of hydrogen-bond acceptors (Lipinski definition) is 7. The molecule has 8 nitrogen and oxygen atoms in total. The monoisotopic (exact) mass is 1260 g/mol. The van der Waals surface area contributed by atoms with Crippen LogP contribution in [0.1, 0.15) is 28.4 Å². The first-order valence-corrected chi connectivity index (χ1v) is 17.8. The van der Waals surface area contributed by atoms with Gasteiger partial charge in [0.1, 0.15) is 0 Å². The van der Waals surface area contributed by atoms with Crippen molar-refractivity contribution in [3.8, 4) is 0 Å². The zero-order chi connectivity index (χ0) is 64.2. The number of carbonyl (C=O) groups is 2. The highest BCUT2D eigenvalue weighted by Gasteiger charge is 3.03. The number of ether oxygens (including phenoxy) is 1. The number of hydrogen-bond donors (Lipinski definition) is 1. The van der Waals surface area contributed by atoms with Gasteiger partial charge in [-0.25, -0.2) is 9.59 Å². The molecule has 79 heavy (non-hydrogen) atoms. The minimum absolute atomic E-state index is 0.0556. The largest absolute Gasteiger partial charge is 0.460 e. The summed E-state index contributed by atoms with van der Waals surface area (Å²) in [6.45, 7) is -1.29. The maximum absolute atomic E-state index is 15.8. The summed E-state index contributed by atoms with van der Waals surface area (Å²) in [6, 6.07) is -0.137. The number of carbonyl (C=O) groups excluding carboxylic acids is 4. The van der Waals surface area contributed by atoms with E-state index < -0.39 is 159 Å². The molecule has 0 aliphatic carbocycles. The van der Waals surface area contributed by atoms with Crippen molar-refractivity contribution in [3.63, 3.8) is 0 Å². The minimum atomic E-state index is -10.7. The lowest BCUT2D eigenvalue weighted by Gasteiger charge is -2.47. The van der Waals surface area contributed by atoms with Gasteiger partial charge in [0, 0.05) is 6.92 Å². The van der Waals surface area contributed by atoms with E-state index in [9.17, 15) is 164 Å². The highest BCUT2D eigenvalue weighted by Crippen LogP contribution is 2.71. The van der Waals surface area contributed by atoms with Gasteiger partial charge in [0.25, 0.3) is 5.91 Å². The fraction of sp³-hybridized carbons (Fsp3) is 0.688. The normalized spacial score (nSPS) is 15.6. The van der Waals surface area contributed by atoms with E-state index in [2.05, 4.69) is 14.7 Å². The SMILES string of the molecule is CC(=O)OCNC(=O)c1c(N=C=O)cc(C)c(N=C=O)c1C(F)(F)C(F)(F)C(F)(F)C(F)(F)C(F)(F)C(F)(F)C(F)(F)C(F)(F)C(F)(F)C(F)(F)C(F)(F)C(F)(F)C(F)(F)C(F)(F)C(F)(F)C(F)(F)C(F)(F)C(F)(F)C(F)(F)F. The number of rotatable bonds is 23. The molecule has 0 spiro atoms. The van der Waals surface area contributed by atoms with Crippen LogP contribution >= 0.6 is 0 Å². The standard InChI is InChI=1S/C32H10F39N3O5/c1-7-3-9(72-4-75)10(13(78)74-6-79-8(2)77)11(12(7)73-5-76)14(33,34)15(35,36)16(37,38)17(39,40)18(41,42)19(43,44)20(45,46)21(47,48)22(49,50)23(51,52)24(53,54)25(55,56)26(57,58)27(59,60)28(61,62)29(63,64)30(65,66)31(67,68)32(69,70)71/h3H,6H2,1-2H3,(H,74,78). The van der Waals surface area contributed by atoms with Crippen LogP contribution in [-0.4, -0.2) is 138 Å². The molecule has 0 aromatic heterocycles. The van der Waals surface area contributed by atoms with Gasteiger partial charge in [-0.3, -0.25) is 9.59 Å². The van der Waals surface area contributed by atoms with E-state index in [1.165, 1.54) is 0 Å². The molecule has 0 aliphatic rings. The Morgan fingerprint density at radius 3 is 0.886 bits per heavy atom. The number of alkyl halides is 39. The molecule has 0 radical (unpaired) electrons. The van der Waals surface area contributed by atoms with Crippen LogP contribution in [0.3, 0.4) is 0 Å². The average molecular weight is 1260 g/mol. The third-order valence-electron chi connectivity index (χ3n) is 9.90. The number of amides is 1. The molecule has 0 unspecified atom stereocenters. The number of aliphatic imine (C=N–C) groups is 2. The second kappa shape index (κ2) is 19.4. The highest BCUT2D eigenvalue weighted by molar-refractivity contribution is 6.03. The van der Waals surface area contributed by atoms with Crippen molar-refractivity contribution >= 4 is 35.4 Å². The predicted molar refractivity (Wildman–Crippen MR) is 165 cm³/mol. The summed E-state index contributed by atoms with van der Waals surface area (Å²) in [5, 5.41) is 0.995. The summed E-state index contributed by atoms with van der Waals surface area (Å²) < 4.78 is 557. The van der Waals surface area contributed by atoms with Crippen molar-refractivity contribution < 1.29 is 195 Å². The lowest BCUT2D eigenvalue weighted by molar-refractivity contribution is -0.495. The zero-order valence-electron chi connectivity index (χ0n) is 35.5. The van der Waals surface area contributed by atoms with Crippen molar-refractivity contribution in [1.29, 1.82) is 0 Å². The van der Waals surface area contributed by atoms with Gasteiger partial charge in [-0.05, 0) is 18.6 Å². The van der Waals surface area contributed by atoms with Crippen LogP contribution in [0.25, 0.3) is 0 Å². The van der Waals surface area contributed by atoms with Gasteiger partial charge in [0.05, 0.1) is 22.5 Å². The molecule has 0 aliphatic heterocycles. The van der Waals surface area contributed by atoms with Gasteiger partial charge in [0.2, 0.25) is 12.2 Å². The summed E-state index contributed by atoms with van der Waals surface area (Å²) >= 11 is 0. The Labute approximate surface area is 402 Å². The second-order valence-electron chi connectivity index (χ2n) is 14.8. The maximum Gasteiger partial charge on any atom is 0.460 e. The molecule has 0 heterocycles. The van der Waals surface area contributed by atoms with E-state index in [0.29, 0.717) is 6.92 Å². The number of nitrogens with one attached hydrogen (secondary N) is 1. The smallest absolute Gasteiger partial charge is 0.445 e. The van der Waals surface area contributed by atoms with Crippen LogP contribution < -0.4 is 5.32 Å². The Morgan fingerprint density at radius 2 is 0.658 bits per heavy atom. The molecule has 0 saturated heterocycles. The number of benzene rings is 1. The third-order valence-corrected chi connectivity index (χ3v) is 9.90. The molecule has 0 atom stereocenters. The van der Waals surface area contributed by atoms with Crippen molar-refractivity contribution in [3.05, 3.63) is 22.8 Å². The molecule has 47 heteroatoms. The Morgan fingerprint density at radius 1 is 0.418 bits per heavy atom. The average Bonchev–Trinajstić information content (AvgIpc) is 3.25. The molecule has 1 amide bonds. The third kappa shape index (κ3) is 9.05. The molecule has 0 saturated carbocycles. The van der Waals surface area contributed by atoms with E-state index in [4.69, 9.17) is 0 Å². The van der Waals surface area contributed by atoms with Gasteiger partial charge >= 0.3 is 119 Å². The van der Waals surface area contributed by atoms with Crippen molar-refractivity contribution in [1.82, 2.24) is 5.32 Å². The minimum Gasteiger partial charge on any atom is -0.445 e. The van der Waals surface area contributed by atoms with Crippen LogP contribution in [0, 0.1) is 6.92 Å². The number of esters is 1. The number of halogens is 39. The van der Waals surface area contributed by atoms with E-state index in [1.54, 1.807) is 0 Å². The predicted octanol–water partition coefficient (Wildman–Crippen LogP) is 13.6. The summed E-state index contributed by atoms with van der Waals surface area (Å²) in [7, 11) is 0. The Kier molecular flexibility index (Phi) is 17.5. The number of aryl methyl sites for hydroxylation is 1. The molecule has 1 rings (SSSR count). The molecule has 0 bridgehead atoms. The van der Waals surface area contributed by atoms with Crippen LogP contribution in [0.5, 0.6) is 0 Å². The van der Waals surface area contributed by atoms with E-state index in [-0.39, 0.29) is 25.1 Å². The Hall–Kier alpha value is -5.81. The van der Waals surface area contributed by atoms with Crippen molar-refractivity contribution in [2.45, 2.75) is 127 Å². The lowest BCUT2D eigenvalue weighted by Crippen LogP contribution is -2.80. The van der Waals surface area contributed by atoms with Gasteiger partial charge < -0.3 is 10.1 Å². The van der Waals surface area contributed by atoms with E-state index in [0.717, 1.165) is 5.32 Å². The molecule has 1 N–H and O–H groups in total. The zero-order valence-corrected chi connectivity index (χ0v) is 35.5. The van der Waals surface area contributed by atoms with Crippen LogP contribution in [-0.2, 0) is 25.0 Å². The van der Waals surface area contributed by atoms with E-state index in [1.807, 2.05) is 0 Å². The lowest BCUT2D eigenvalue weighted by atomic mass is 9.81. The summed E-state index contributed by atoms with van der Waals surface area (Å²) in [4.78, 5) is 49.9.